The molecule has 38 heavy (non-hydrogen) atoms. The van der Waals surface area contributed by atoms with E-state index in [2.05, 4.69) is 15.2 Å². The molecule has 0 saturated heterocycles. The van der Waals surface area contributed by atoms with E-state index >= 15 is 0 Å². The molecule has 3 aliphatic heterocycles. The number of halogens is 2. The van der Waals surface area contributed by atoms with Crippen LogP contribution in [0.3, 0.4) is 0 Å². The lowest BCUT2D eigenvalue weighted by molar-refractivity contribution is -0.434. The second-order valence-electron chi connectivity index (χ2n) is 9.10. The first kappa shape index (κ1) is 32.0. The van der Waals surface area contributed by atoms with Gasteiger partial charge >= 0.3 is 17.8 Å². The van der Waals surface area contributed by atoms with Crippen LogP contribution in [0.2, 0.25) is 0 Å². The van der Waals surface area contributed by atoms with Crippen LogP contribution in [0, 0.1) is 6.42 Å². The van der Waals surface area contributed by atoms with Crippen LogP contribution >= 0.6 is 0 Å². The van der Waals surface area contributed by atoms with E-state index in [0.29, 0.717) is 30.0 Å². The van der Waals surface area contributed by atoms with E-state index in [4.69, 9.17) is 9.16 Å². The van der Waals surface area contributed by atoms with E-state index in [9.17, 15) is 14.7 Å². The van der Waals surface area contributed by atoms with Crippen LogP contribution in [0.25, 0.3) is 0 Å². The highest BCUT2D eigenvalue weighted by Crippen LogP contribution is 2.27. The minimum Gasteiger partial charge on any atom is -1.00 e. The molecular formula is C27H32I2N4O5. The predicted molar refractivity (Wildman–Crippen MR) is 137 cm³/mol. The van der Waals surface area contributed by atoms with Crippen molar-refractivity contribution in [1.82, 2.24) is 15.1 Å². The minimum absolute atomic E-state index is 0. The average Bonchev–Trinajstić information content (AvgIpc) is 3.25. The molecular weight excluding hydrogens is 714 g/mol. The third kappa shape index (κ3) is 8.13. The smallest absolute Gasteiger partial charge is 0.521 e. The van der Waals surface area contributed by atoms with Crippen LogP contribution in [0.4, 0.5) is 0 Å². The van der Waals surface area contributed by atoms with Crippen molar-refractivity contribution in [2.24, 2.45) is 4.99 Å². The van der Waals surface area contributed by atoms with Crippen molar-refractivity contribution in [3.8, 4) is 0 Å². The van der Waals surface area contributed by atoms with Crippen molar-refractivity contribution in [3.63, 3.8) is 0 Å². The zero-order valence-corrected chi connectivity index (χ0v) is 25.9. The fourth-order valence-electron chi connectivity index (χ4n) is 4.26. The van der Waals surface area contributed by atoms with E-state index in [1.807, 2.05) is 37.6 Å². The van der Waals surface area contributed by atoms with Gasteiger partial charge in [-0.15, -0.1) is 0 Å². The monoisotopic (exact) mass is 746 g/mol. The summed E-state index contributed by atoms with van der Waals surface area (Å²) in [5, 5.41) is 13.3. The number of allylic oxidation sites excluding steroid dienone is 4. The normalized spacial score (nSPS) is 21.9. The lowest BCUT2D eigenvalue weighted by atomic mass is 9.93. The molecule has 0 bridgehead atoms. The van der Waals surface area contributed by atoms with Gasteiger partial charge in [-0.2, -0.15) is 0 Å². The Morgan fingerprint density at radius 3 is 2.71 bits per heavy atom. The van der Waals surface area contributed by atoms with Gasteiger partial charge in [-0.1, -0.05) is 6.08 Å². The Morgan fingerprint density at radius 2 is 2.00 bits per heavy atom. The summed E-state index contributed by atoms with van der Waals surface area (Å²) in [6.45, 7) is 4.61. The van der Waals surface area contributed by atoms with Gasteiger partial charge in [-0.05, 0) is 38.7 Å². The summed E-state index contributed by atoms with van der Waals surface area (Å²) >= 11 is 0. The summed E-state index contributed by atoms with van der Waals surface area (Å²) in [6.07, 6.45) is 14.7. The molecule has 1 aliphatic carbocycles. The molecule has 2 N–H and O–H groups in total. The lowest BCUT2D eigenvalue weighted by Gasteiger charge is -2.20. The molecule has 204 valence electrons. The molecule has 3 heterocycles. The van der Waals surface area contributed by atoms with Crippen molar-refractivity contribution < 1.29 is 71.8 Å². The predicted octanol–water partition coefficient (Wildman–Crippen LogP) is -4.28. The summed E-state index contributed by atoms with van der Waals surface area (Å²) < 4.78 is 11.0. The van der Waals surface area contributed by atoms with E-state index in [0.717, 1.165) is 29.9 Å². The minimum atomic E-state index is -0.874. The number of likely N-dealkylation sites (N-methyl/N-ethyl adjacent to an activating group) is 2. The van der Waals surface area contributed by atoms with Crippen LogP contribution in [0.5, 0.6) is 0 Å². The van der Waals surface area contributed by atoms with Crippen molar-refractivity contribution >= 4 is 23.4 Å². The van der Waals surface area contributed by atoms with Gasteiger partial charge in [0.1, 0.15) is 17.7 Å². The maximum absolute atomic E-state index is 12.9. The molecule has 0 aromatic heterocycles. The summed E-state index contributed by atoms with van der Waals surface area (Å²) in [5.74, 6) is -0.508. The number of carbonyl (C=O) groups excluding carboxylic acids is 3. The number of ketones is 1. The summed E-state index contributed by atoms with van der Waals surface area (Å²) in [6, 6.07) is -0.874. The van der Waals surface area contributed by atoms with Crippen LogP contribution in [0.1, 0.15) is 13.3 Å². The highest BCUT2D eigenvalue weighted by atomic mass is 127. The highest BCUT2D eigenvalue weighted by molar-refractivity contribution is 6.23. The van der Waals surface area contributed by atoms with Crippen molar-refractivity contribution in [2.45, 2.75) is 19.4 Å². The molecule has 0 spiro atoms. The summed E-state index contributed by atoms with van der Waals surface area (Å²) in [5.41, 5.74) is 3.54. The number of aliphatic hydroxyl groups excluding tert-OH is 1. The van der Waals surface area contributed by atoms with Crippen LogP contribution in [-0.4, -0.2) is 91.2 Å². The number of nitrogens with one attached hydrogen (secondary N) is 1. The number of amides is 1. The molecule has 4 aliphatic rings. The van der Waals surface area contributed by atoms with Gasteiger partial charge in [0.15, 0.2) is 5.57 Å². The van der Waals surface area contributed by atoms with Crippen molar-refractivity contribution in [2.75, 3.05) is 46.9 Å². The van der Waals surface area contributed by atoms with E-state index in [1.54, 1.807) is 37.4 Å². The Kier molecular flexibility index (Phi) is 12.5. The second-order valence-corrected chi connectivity index (χ2v) is 9.10. The van der Waals surface area contributed by atoms with E-state index in [1.165, 1.54) is 0 Å². The molecule has 11 heteroatoms. The highest BCUT2D eigenvalue weighted by Gasteiger charge is 2.32. The molecule has 0 aromatic carbocycles. The van der Waals surface area contributed by atoms with Gasteiger partial charge in [0, 0.05) is 43.4 Å². The molecule has 9 nitrogen and oxygen atoms in total. The number of aliphatic hydroxyl groups is 1. The molecule has 1 atom stereocenters. The fourth-order valence-corrected chi connectivity index (χ4v) is 4.26. The number of fused-ring (bicyclic) bond motifs is 1. The Labute approximate surface area is 257 Å². The third-order valence-corrected chi connectivity index (χ3v) is 6.11. The molecule has 0 fully saturated rings. The molecule has 4 rings (SSSR count). The second kappa shape index (κ2) is 14.8. The number of esters is 1. The standard InChI is InChI=1S/C27H30N4O5.2HI/c1-4-35-27(34)24(29-25(32)18-7-5-11-30(2)16-18)13-20-15-28-23-10-9-21(14-22(20)23)36-26(33)19-8-6-12-31(3)17-19;;/h5-10,14-15,24H,4,11-13,16-17H2,1-3H3;2*1H. The topological polar surface area (TPSA) is 106 Å². The molecule has 0 aromatic rings. The van der Waals surface area contributed by atoms with E-state index < -0.39 is 12.0 Å². The van der Waals surface area contributed by atoms with Gasteiger partial charge in [0.2, 0.25) is 5.78 Å². The zero-order chi connectivity index (χ0) is 25.7. The number of rotatable bonds is 7. The maximum Gasteiger partial charge on any atom is 0.521 e. The van der Waals surface area contributed by atoms with Gasteiger partial charge in [0.25, 0.3) is 0 Å². The number of ether oxygens (including phenoxy) is 1. The van der Waals surface area contributed by atoms with Gasteiger partial charge in [-0.3, -0.25) is 19.2 Å². The largest absolute Gasteiger partial charge is 1.00 e. The molecule has 1 amide bonds. The third-order valence-electron chi connectivity index (χ3n) is 6.11. The Balaban J connectivity index is 0.00000253. The molecule has 0 radical (unpaired) electrons. The number of hydrogen-bond donors (Lipinski definition) is 2. The Morgan fingerprint density at radius 1 is 1.21 bits per heavy atom. The quantitative estimate of drug-likeness (QED) is 0.0684. The number of carbonyl (C=O) groups is 2. The first-order valence-electron chi connectivity index (χ1n) is 12.0. The lowest BCUT2D eigenvalue weighted by Crippen LogP contribution is -3.00. The summed E-state index contributed by atoms with van der Waals surface area (Å²) in [7, 11) is 3.89. The first-order valence-corrected chi connectivity index (χ1v) is 12.0. The number of nitrogens with zero attached hydrogens (tertiary/aromatic N) is 3. The first-order chi connectivity index (χ1) is 17.3. The number of aliphatic imine (C=N–C) groups is 1. The zero-order valence-electron chi connectivity index (χ0n) is 21.6. The average molecular weight is 746 g/mol. The maximum atomic E-state index is 12.9. The van der Waals surface area contributed by atoms with Crippen molar-refractivity contribution in [1.29, 1.82) is 0 Å². The van der Waals surface area contributed by atoms with Crippen molar-refractivity contribution in [3.05, 3.63) is 77.3 Å². The van der Waals surface area contributed by atoms with E-state index in [-0.39, 0.29) is 72.8 Å². The SMILES string of the molecule is CCOC(=O)C(CC1=CN=C2C=CC(=[O+]C(O)=C3C=CCN(C)C3)C=C12)NC(=O)C1=C[CH+]CN(C)C1.[I-].[I-]. The van der Waals surface area contributed by atoms with Gasteiger partial charge in [-0.25, -0.2) is 9.59 Å². The van der Waals surface area contributed by atoms with Crippen LogP contribution < -0.4 is 53.3 Å². The fraction of sp³-hybridized carbons (Fsp3) is 0.370. The molecule has 0 saturated carbocycles. The number of hydrogen-bond acceptors (Lipinski definition) is 7. The Bertz CT molecular complexity index is 1180. The molecule has 1 unspecified atom stereocenters. The Hall–Kier alpha value is -2.23. The summed E-state index contributed by atoms with van der Waals surface area (Å²) in [4.78, 5) is 34.1. The van der Waals surface area contributed by atoms with Crippen LogP contribution in [-0.2, 0) is 18.8 Å². The van der Waals surface area contributed by atoms with Gasteiger partial charge in [0.05, 0.1) is 31.8 Å². The van der Waals surface area contributed by atoms with Crippen LogP contribution in [0.15, 0.2) is 75.9 Å². The van der Waals surface area contributed by atoms with Gasteiger partial charge < -0.3 is 63.1 Å².